The van der Waals surface area contributed by atoms with Gasteiger partial charge in [0.15, 0.2) is 0 Å². The highest BCUT2D eigenvalue weighted by molar-refractivity contribution is 7.92. The number of rotatable bonds is 9. The zero-order chi connectivity index (χ0) is 21.0. The summed E-state index contributed by atoms with van der Waals surface area (Å²) >= 11 is 0. The number of nitrogens with two attached hydrogens (primary N) is 1. The molecule has 0 amide bonds. The van der Waals surface area contributed by atoms with Crippen molar-refractivity contribution in [2.75, 3.05) is 29.5 Å². The van der Waals surface area contributed by atoms with Crippen molar-refractivity contribution in [1.82, 2.24) is 4.57 Å². The van der Waals surface area contributed by atoms with Gasteiger partial charge in [-0.25, -0.2) is 12.8 Å². The Bertz CT molecular complexity index is 1090. The van der Waals surface area contributed by atoms with E-state index in [0.717, 1.165) is 22.2 Å². The van der Waals surface area contributed by atoms with Gasteiger partial charge in [0.2, 0.25) is 10.0 Å². The summed E-state index contributed by atoms with van der Waals surface area (Å²) in [5.41, 5.74) is 10.2. The number of aromatic nitrogens is 1. The molecule has 29 heavy (non-hydrogen) atoms. The highest BCUT2D eigenvalue weighted by Gasteiger charge is 2.17. The quantitative estimate of drug-likeness (QED) is 0.538. The number of anilines is 2. The summed E-state index contributed by atoms with van der Waals surface area (Å²) in [6.45, 7) is 3.98. The van der Waals surface area contributed by atoms with Gasteiger partial charge < -0.3 is 15.0 Å². The number of fused-ring (bicyclic) bond motifs is 1. The number of ether oxygens (including phenoxy) is 1. The van der Waals surface area contributed by atoms with Crippen LogP contribution in [0.3, 0.4) is 0 Å². The molecule has 0 saturated heterocycles. The maximum absolute atomic E-state index is 12.4. The summed E-state index contributed by atoms with van der Waals surface area (Å²) in [7, 11) is -3.34. The standard InChI is InChI=1S/C21H26FN3O3S/c1-3-13-29(26,27)24-16-7-5-15(6-8-16)21-20(23)18-10-9-17(28-12-11-22)14-19(18)25(21)4-2/h5-10,14,24H,3-4,11-13,23H2,1-2H3. The maximum atomic E-state index is 12.4. The lowest BCUT2D eigenvalue weighted by molar-refractivity contribution is 0.273. The van der Waals surface area contributed by atoms with E-state index in [1.165, 1.54) is 0 Å². The van der Waals surface area contributed by atoms with Gasteiger partial charge in [-0.1, -0.05) is 19.1 Å². The Kier molecular flexibility index (Phi) is 6.32. The molecule has 0 aliphatic rings. The Labute approximate surface area is 170 Å². The van der Waals surface area contributed by atoms with Gasteiger partial charge in [-0.3, -0.25) is 4.72 Å². The van der Waals surface area contributed by atoms with Crippen molar-refractivity contribution in [3.05, 3.63) is 42.5 Å². The molecule has 0 fully saturated rings. The van der Waals surface area contributed by atoms with Crippen molar-refractivity contribution >= 4 is 32.3 Å². The van der Waals surface area contributed by atoms with Gasteiger partial charge in [-0.15, -0.1) is 0 Å². The summed E-state index contributed by atoms with van der Waals surface area (Å²) in [6, 6.07) is 12.7. The minimum absolute atomic E-state index is 0.0100. The molecule has 3 N–H and O–H groups in total. The average Bonchev–Trinajstić information content (AvgIpc) is 2.98. The van der Waals surface area contributed by atoms with Crippen LogP contribution in [0.5, 0.6) is 5.75 Å². The van der Waals surface area contributed by atoms with Crippen molar-refractivity contribution < 1.29 is 17.5 Å². The second-order valence-electron chi connectivity index (χ2n) is 6.72. The molecule has 0 atom stereocenters. The molecule has 3 aromatic rings. The Morgan fingerprint density at radius 3 is 2.48 bits per heavy atom. The predicted octanol–water partition coefficient (Wildman–Crippen LogP) is 4.41. The van der Waals surface area contributed by atoms with Gasteiger partial charge in [0.05, 0.1) is 22.7 Å². The smallest absolute Gasteiger partial charge is 0.232 e. The first-order chi connectivity index (χ1) is 13.9. The summed E-state index contributed by atoms with van der Waals surface area (Å²) in [4.78, 5) is 0. The summed E-state index contributed by atoms with van der Waals surface area (Å²) < 4.78 is 46.4. The lowest BCUT2D eigenvalue weighted by Gasteiger charge is -2.11. The van der Waals surface area contributed by atoms with Crippen LogP contribution in [0.1, 0.15) is 20.3 Å². The molecule has 6 nitrogen and oxygen atoms in total. The largest absolute Gasteiger partial charge is 0.491 e. The van der Waals surface area contributed by atoms with Crippen LogP contribution in [0.15, 0.2) is 42.5 Å². The van der Waals surface area contributed by atoms with Gasteiger partial charge in [0, 0.05) is 29.2 Å². The molecule has 0 bridgehead atoms. The first-order valence-corrected chi connectivity index (χ1v) is 11.3. The van der Waals surface area contributed by atoms with E-state index in [1.54, 1.807) is 18.2 Å². The Morgan fingerprint density at radius 2 is 1.86 bits per heavy atom. The number of alkyl halides is 1. The normalized spacial score (nSPS) is 11.7. The lowest BCUT2D eigenvalue weighted by Crippen LogP contribution is -2.15. The van der Waals surface area contributed by atoms with Crippen LogP contribution >= 0.6 is 0 Å². The second kappa shape index (κ2) is 8.73. The molecular formula is C21H26FN3O3S. The lowest BCUT2D eigenvalue weighted by atomic mass is 10.1. The highest BCUT2D eigenvalue weighted by Crippen LogP contribution is 2.38. The number of hydrogen-bond acceptors (Lipinski definition) is 4. The van der Waals surface area contributed by atoms with Crippen LogP contribution in [0, 0.1) is 0 Å². The van der Waals surface area contributed by atoms with E-state index in [0.29, 0.717) is 30.1 Å². The van der Waals surface area contributed by atoms with Crippen molar-refractivity contribution in [2.24, 2.45) is 0 Å². The summed E-state index contributed by atoms with van der Waals surface area (Å²) in [5, 5.41) is 0.891. The van der Waals surface area contributed by atoms with E-state index in [9.17, 15) is 12.8 Å². The van der Waals surface area contributed by atoms with E-state index in [1.807, 2.05) is 38.1 Å². The number of halogens is 1. The summed E-state index contributed by atoms with van der Waals surface area (Å²) in [5.74, 6) is 0.674. The number of nitrogens with one attached hydrogen (secondary N) is 1. The second-order valence-corrected chi connectivity index (χ2v) is 8.56. The average molecular weight is 420 g/mol. The van der Waals surface area contributed by atoms with Crippen LogP contribution in [-0.4, -0.2) is 32.0 Å². The molecular weight excluding hydrogens is 393 g/mol. The van der Waals surface area contributed by atoms with Crippen molar-refractivity contribution in [3.63, 3.8) is 0 Å². The van der Waals surface area contributed by atoms with Crippen molar-refractivity contribution in [1.29, 1.82) is 0 Å². The molecule has 0 saturated carbocycles. The zero-order valence-corrected chi connectivity index (χ0v) is 17.4. The van der Waals surface area contributed by atoms with Crippen LogP contribution in [0.25, 0.3) is 22.2 Å². The number of nitrogen functional groups attached to an aromatic ring is 1. The SMILES string of the molecule is CCCS(=O)(=O)Nc1ccc(-c2c(N)c3ccc(OCCF)cc3n2CC)cc1. The molecule has 0 aliphatic heterocycles. The van der Waals surface area contributed by atoms with Gasteiger partial charge in [0.1, 0.15) is 19.0 Å². The Morgan fingerprint density at radius 1 is 1.14 bits per heavy atom. The van der Waals surface area contributed by atoms with E-state index in [4.69, 9.17) is 10.5 Å². The Balaban J connectivity index is 1.99. The highest BCUT2D eigenvalue weighted by atomic mass is 32.2. The van der Waals surface area contributed by atoms with Gasteiger partial charge in [0.25, 0.3) is 0 Å². The van der Waals surface area contributed by atoms with Crippen LogP contribution in [-0.2, 0) is 16.6 Å². The van der Waals surface area contributed by atoms with E-state index < -0.39 is 16.7 Å². The van der Waals surface area contributed by atoms with Crippen LogP contribution in [0.4, 0.5) is 15.8 Å². The van der Waals surface area contributed by atoms with E-state index >= 15 is 0 Å². The maximum Gasteiger partial charge on any atom is 0.232 e. The number of aryl methyl sites for hydroxylation is 1. The van der Waals surface area contributed by atoms with Crippen molar-refractivity contribution in [2.45, 2.75) is 26.8 Å². The fraction of sp³-hybridized carbons (Fsp3) is 0.333. The van der Waals surface area contributed by atoms with Crippen LogP contribution in [0.2, 0.25) is 0 Å². The first-order valence-electron chi connectivity index (χ1n) is 9.61. The molecule has 156 valence electrons. The van der Waals surface area contributed by atoms with Gasteiger partial charge >= 0.3 is 0 Å². The molecule has 2 aromatic carbocycles. The molecule has 8 heteroatoms. The third-order valence-corrected chi connectivity index (χ3v) is 6.13. The third-order valence-electron chi connectivity index (χ3n) is 4.64. The molecule has 1 heterocycles. The number of nitrogens with zero attached hydrogens (tertiary/aromatic N) is 1. The number of hydrogen-bond donors (Lipinski definition) is 2. The molecule has 0 radical (unpaired) electrons. The van der Waals surface area contributed by atoms with E-state index in [-0.39, 0.29) is 12.4 Å². The minimum Gasteiger partial charge on any atom is -0.491 e. The molecule has 0 unspecified atom stereocenters. The number of benzene rings is 2. The van der Waals surface area contributed by atoms with Gasteiger partial charge in [-0.2, -0.15) is 0 Å². The molecule has 3 rings (SSSR count). The first kappa shape index (κ1) is 21.0. The Hall–Kier alpha value is -2.74. The van der Waals surface area contributed by atoms with Crippen molar-refractivity contribution in [3.8, 4) is 17.0 Å². The monoisotopic (exact) mass is 419 g/mol. The zero-order valence-electron chi connectivity index (χ0n) is 16.6. The summed E-state index contributed by atoms with van der Waals surface area (Å²) in [6.07, 6.45) is 0.553. The number of sulfonamides is 1. The third kappa shape index (κ3) is 4.48. The predicted molar refractivity (Wildman–Crippen MR) is 117 cm³/mol. The molecule has 0 aliphatic carbocycles. The minimum atomic E-state index is -3.34. The van der Waals surface area contributed by atoms with Gasteiger partial charge in [-0.05, 0) is 37.6 Å². The van der Waals surface area contributed by atoms with Crippen LogP contribution < -0.4 is 15.2 Å². The fourth-order valence-electron chi connectivity index (χ4n) is 3.44. The fourth-order valence-corrected chi connectivity index (χ4v) is 4.57. The molecule has 1 aromatic heterocycles. The van der Waals surface area contributed by atoms with E-state index in [2.05, 4.69) is 9.29 Å². The topological polar surface area (TPSA) is 86.3 Å². The molecule has 0 spiro atoms.